The van der Waals surface area contributed by atoms with Crippen LogP contribution in [0.4, 0.5) is 0 Å². The van der Waals surface area contributed by atoms with Gasteiger partial charge in [0.15, 0.2) is 0 Å². The first-order valence-electron chi connectivity index (χ1n) is 5.50. The molecule has 1 heterocycles. The Morgan fingerprint density at radius 2 is 2.00 bits per heavy atom. The van der Waals surface area contributed by atoms with Crippen molar-refractivity contribution in [3.8, 4) is 6.07 Å². The Kier molecular flexibility index (Phi) is 2.72. The van der Waals surface area contributed by atoms with Crippen LogP contribution in [0.3, 0.4) is 0 Å². The highest BCUT2D eigenvalue weighted by Gasteiger charge is 2.25. The van der Waals surface area contributed by atoms with Crippen molar-refractivity contribution in [1.82, 2.24) is 14.8 Å². The first kappa shape index (κ1) is 10.2. The van der Waals surface area contributed by atoms with Crippen molar-refractivity contribution >= 4 is 0 Å². The fourth-order valence-electron chi connectivity index (χ4n) is 2.62. The van der Waals surface area contributed by atoms with E-state index in [4.69, 9.17) is 5.26 Å². The molecule has 0 amide bonds. The van der Waals surface area contributed by atoms with Crippen molar-refractivity contribution < 1.29 is 0 Å². The lowest BCUT2D eigenvalue weighted by Crippen LogP contribution is -2.23. The zero-order valence-electron chi connectivity index (χ0n) is 9.22. The minimum absolute atomic E-state index is 0.279. The van der Waals surface area contributed by atoms with Crippen molar-refractivity contribution in [2.75, 3.05) is 0 Å². The summed E-state index contributed by atoms with van der Waals surface area (Å²) in [7, 11) is 0. The molecule has 4 nitrogen and oxygen atoms in total. The molecule has 0 aliphatic heterocycles. The van der Waals surface area contributed by atoms with Crippen LogP contribution in [-0.4, -0.2) is 14.8 Å². The second-order valence-corrected chi connectivity index (χ2v) is 4.73. The zero-order valence-corrected chi connectivity index (χ0v) is 9.22. The van der Waals surface area contributed by atoms with Gasteiger partial charge in [0.1, 0.15) is 12.4 Å². The van der Waals surface area contributed by atoms with Gasteiger partial charge in [0.2, 0.25) is 0 Å². The molecular weight excluding hydrogens is 188 g/mol. The van der Waals surface area contributed by atoms with Gasteiger partial charge in [-0.3, -0.25) is 0 Å². The number of hydrogen-bond donors (Lipinski definition) is 0. The van der Waals surface area contributed by atoms with Gasteiger partial charge in [-0.1, -0.05) is 13.8 Å². The van der Waals surface area contributed by atoms with Crippen molar-refractivity contribution in [2.45, 2.75) is 39.2 Å². The molecule has 0 bridgehead atoms. The van der Waals surface area contributed by atoms with Crippen LogP contribution in [0, 0.1) is 23.2 Å². The maximum Gasteiger partial charge on any atom is 0.252 e. The summed E-state index contributed by atoms with van der Waals surface area (Å²) in [4.78, 5) is 3.95. The molecule has 0 radical (unpaired) electrons. The average Bonchev–Trinajstić information content (AvgIpc) is 2.64. The fraction of sp³-hybridized carbons (Fsp3) is 0.727. The van der Waals surface area contributed by atoms with Crippen molar-refractivity contribution in [1.29, 1.82) is 5.26 Å². The van der Waals surface area contributed by atoms with Gasteiger partial charge in [-0.2, -0.15) is 5.26 Å². The molecule has 0 saturated heterocycles. The largest absolute Gasteiger partial charge is 0.252 e. The predicted octanol–water partition coefficient (Wildman–Crippen LogP) is 2.15. The normalized spacial score (nSPS) is 31.1. The van der Waals surface area contributed by atoms with Gasteiger partial charge in [-0.25, -0.2) is 9.67 Å². The van der Waals surface area contributed by atoms with Gasteiger partial charge >= 0.3 is 0 Å². The standard InChI is InChI=1S/C11H16N4/c1-8-3-9(2)5-10(4-8)15-7-13-11(6-12)14-15/h7-10H,3-5H2,1-2H3. The SMILES string of the molecule is CC1CC(C)CC(n2cnc(C#N)n2)C1. The number of nitrogens with zero attached hydrogens (tertiary/aromatic N) is 4. The van der Waals surface area contributed by atoms with E-state index in [1.165, 1.54) is 6.42 Å². The molecule has 1 aromatic rings. The minimum atomic E-state index is 0.279. The van der Waals surface area contributed by atoms with Crippen LogP contribution in [0.25, 0.3) is 0 Å². The monoisotopic (exact) mass is 204 g/mol. The maximum atomic E-state index is 8.66. The van der Waals surface area contributed by atoms with Crippen LogP contribution in [0.5, 0.6) is 0 Å². The molecule has 15 heavy (non-hydrogen) atoms. The van der Waals surface area contributed by atoms with Crippen molar-refractivity contribution in [3.63, 3.8) is 0 Å². The highest BCUT2D eigenvalue weighted by atomic mass is 15.3. The lowest BCUT2D eigenvalue weighted by molar-refractivity contribution is 0.209. The number of hydrogen-bond acceptors (Lipinski definition) is 3. The van der Waals surface area contributed by atoms with E-state index in [9.17, 15) is 0 Å². The van der Waals surface area contributed by atoms with Crippen LogP contribution in [0.1, 0.15) is 45.0 Å². The first-order valence-corrected chi connectivity index (χ1v) is 5.50. The third-order valence-corrected chi connectivity index (χ3v) is 3.14. The highest BCUT2D eigenvalue weighted by molar-refractivity contribution is 5.05. The van der Waals surface area contributed by atoms with E-state index in [2.05, 4.69) is 23.9 Å². The molecule has 1 fully saturated rings. The Morgan fingerprint density at radius 1 is 1.33 bits per heavy atom. The summed E-state index contributed by atoms with van der Waals surface area (Å²) in [5.74, 6) is 1.77. The molecular formula is C11H16N4. The summed E-state index contributed by atoms with van der Waals surface area (Å²) in [5.41, 5.74) is 0. The van der Waals surface area contributed by atoms with Gasteiger partial charge < -0.3 is 0 Å². The van der Waals surface area contributed by atoms with E-state index in [1.54, 1.807) is 6.33 Å². The molecule has 1 aliphatic carbocycles. The van der Waals surface area contributed by atoms with E-state index in [0.29, 0.717) is 6.04 Å². The summed E-state index contributed by atoms with van der Waals surface area (Å²) in [6.45, 7) is 4.57. The van der Waals surface area contributed by atoms with Gasteiger partial charge in [0.05, 0.1) is 6.04 Å². The molecule has 2 unspecified atom stereocenters. The van der Waals surface area contributed by atoms with Gasteiger partial charge in [-0.15, -0.1) is 5.10 Å². The number of nitriles is 1. The quantitative estimate of drug-likeness (QED) is 0.704. The Morgan fingerprint density at radius 3 is 2.53 bits per heavy atom. The smallest absolute Gasteiger partial charge is 0.249 e. The summed E-state index contributed by atoms with van der Waals surface area (Å²) >= 11 is 0. The van der Waals surface area contributed by atoms with E-state index in [1.807, 2.05) is 10.8 Å². The van der Waals surface area contributed by atoms with Crippen LogP contribution in [0.2, 0.25) is 0 Å². The van der Waals surface area contributed by atoms with E-state index in [-0.39, 0.29) is 5.82 Å². The third kappa shape index (κ3) is 2.17. The van der Waals surface area contributed by atoms with Crippen LogP contribution in [0.15, 0.2) is 6.33 Å². The van der Waals surface area contributed by atoms with Gasteiger partial charge in [-0.05, 0) is 31.1 Å². The lowest BCUT2D eigenvalue weighted by Gasteiger charge is -2.31. The molecule has 2 rings (SSSR count). The Labute approximate surface area is 89.9 Å². The molecule has 1 aliphatic rings. The van der Waals surface area contributed by atoms with Crippen molar-refractivity contribution in [2.24, 2.45) is 11.8 Å². The summed E-state index contributed by atoms with van der Waals surface area (Å²) < 4.78 is 1.87. The van der Waals surface area contributed by atoms with Gasteiger partial charge in [0.25, 0.3) is 5.82 Å². The van der Waals surface area contributed by atoms with E-state index >= 15 is 0 Å². The average molecular weight is 204 g/mol. The number of rotatable bonds is 1. The molecule has 80 valence electrons. The molecule has 4 heteroatoms. The van der Waals surface area contributed by atoms with E-state index in [0.717, 1.165) is 24.7 Å². The third-order valence-electron chi connectivity index (χ3n) is 3.14. The van der Waals surface area contributed by atoms with Crippen LogP contribution in [-0.2, 0) is 0 Å². The van der Waals surface area contributed by atoms with Gasteiger partial charge in [0, 0.05) is 0 Å². The Hall–Kier alpha value is -1.37. The first-order chi connectivity index (χ1) is 7.19. The minimum Gasteiger partial charge on any atom is -0.249 e. The number of aromatic nitrogens is 3. The summed E-state index contributed by atoms with van der Waals surface area (Å²) in [6.07, 6.45) is 5.29. The molecule has 0 N–H and O–H groups in total. The lowest BCUT2D eigenvalue weighted by atomic mass is 9.80. The highest BCUT2D eigenvalue weighted by Crippen LogP contribution is 2.35. The molecule has 0 spiro atoms. The molecule has 2 atom stereocenters. The second-order valence-electron chi connectivity index (χ2n) is 4.73. The van der Waals surface area contributed by atoms with E-state index < -0.39 is 0 Å². The topological polar surface area (TPSA) is 54.5 Å². The zero-order chi connectivity index (χ0) is 10.8. The Bertz CT molecular complexity index is 366. The van der Waals surface area contributed by atoms with Crippen molar-refractivity contribution in [3.05, 3.63) is 12.2 Å². The molecule has 1 saturated carbocycles. The predicted molar refractivity (Wildman–Crippen MR) is 56.0 cm³/mol. The van der Waals surface area contributed by atoms with Crippen LogP contribution >= 0.6 is 0 Å². The summed E-state index contributed by atoms with van der Waals surface area (Å²) in [6, 6.07) is 2.39. The molecule has 1 aromatic heterocycles. The molecule has 0 aromatic carbocycles. The fourth-order valence-corrected chi connectivity index (χ4v) is 2.62. The van der Waals surface area contributed by atoms with Crippen LogP contribution < -0.4 is 0 Å². The maximum absolute atomic E-state index is 8.66. The second kappa shape index (κ2) is 4.01. The summed E-state index contributed by atoms with van der Waals surface area (Å²) in [5, 5.41) is 12.8. The Balaban J connectivity index is 2.13.